The molecule has 20 heavy (non-hydrogen) atoms. The number of hydrogen-bond donors (Lipinski definition) is 1. The lowest BCUT2D eigenvalue weighted by Gasteiger charge is -2.27. The molecule has 110 valence electrons. The van der Waals surface area contributed by atoms with Crippen molar-refractivity contribution in [3.05, 3.63) is 28.7 Å². The largest absolute Gasteiger partial charge is 0.384 e. The zero-order valence-electron chi connectivity index (χ0n) is 12.3. The minimum absolute atomic E-state index is 0.978. The molecular formula is C17H25BrN2. The number of rotatable bonds is 6. The molecule has 2 bridgehead atoms. The van der Waals surface area contributed by atoms with Crippen LogP contribution in [0.5, 0.6) is 0 Å². The van der Waals surface area contributed by atoms with Crippen molar-refractivity contribution in [3.8, 4) is 0 Å². The van der Waals surface area contributed by atoms with Crippen molar-refractivity contribution >= 4 is 21.6 Å². The van der Waals surface area contributed by atoms with E-state index in [1.165, 1.54) is 37.9 Å². The van der Waals surface area contributed by atoms with Gasteiger partial charge in [0.25, 0.3) is 0 Å². The van der Waals surface area contributed by atoms with Gasteiger partial charge in [-0.1, -0.05) is 22.4 Å². The Morgan fingerprint density at radius 2 is 2.00 bits per heavy atom. The number of anilines is 1. The molecule has 3 unspecified atom stereocenters. The standard InChI is InChI=1S/C17H25BrN2/c1-20(12-15-11-13-2-3-14(15)10-13)9-8-19-17-6-4-16(18)5-7-17/h4-7,13-15,19H,2-3,8-12H2,1H3. The summed E-state index contributed by atoms with van der Waals surface area (Å²) in [7, 11) is 2.27. The number of likely N-dealkylation sites (N-methyl/N-ethyl adjacent to an activating group) is 1. The van der Waals surface area contributed by atoms with Crippen molar-refractivity contribution in [2.24, 2.45) is 17.8 Å². The van der Waals surface area contributed by atoms with E-state index in [4.69, 9.17) is 0 Å². The van der Waals surface area contributed by atoms with Crippen LogP contribution in [0, 0.1) is 17.8 Å². The molecule has 0 saturated heterocycles. The third kappa shape index (κ3) is 3.56. The van der Waals surface area contributed by atoms with E-state index in [-0.39, 0.29) is 0 Å². The van der Waals surface area contributed by atoms with Crippen molar-refractivity contribution in [1.82, 2.24) is 4.90 Å². The van der Waals surface area contributed by atoms with E-state index < -0.39 is 0 Å². The molecule has 0 radical (unpaired) electrons. The number of benzene rings is 1. The average molecular weight is 337 g/mol. The summed E-state index contributed by atoms with van der Waals surface area (Å²) in [6, 6.07) is 8.42. The number of halogens is 1. The summed E-state index contributed by atoms with van der Waals surface area (Å²) in [6.45, 7) is 3.45. The topological polar surface area (TPSA) is 15.3 Å². The summed E-state index contributed by atoms with van der Waals surface area (Å²) in [4.78, 5) is 2.51. The van der Waals surface area contributed by atoms with Crippen LogP contribution < -0.4 is 5.32 Å². The van der Waals surface area contributed by atoms with Crippen LogP contribution in [0.3, 0.4) is 0 Å². The van der Waals surface area contributed by atoms with Gasteiger partial charge < -0.3 is 10.2 Å². The summed E-state index contributed by atoms with van der Waals surface area (Å²) >= 11 is 3.47. The summed E-state index contributed by atoms with van der Waals surface area (Å²) in [5.41, 5.74) is 1.21. The fraction of sp³-hybridized carbons (Fsp3) is 0.647. The Bertz CT molecular complexity index is 431. The molecule has 2 aliphatic rings. The first-order chi connectivity index (χ1) is 9.70. The van der Waals surface area contributed by atoms with Crippen molar-refractivity contribution < 1.29 is 0 Å². The van der Waals surface area contributed by atoms with E-state index in [0.29, 0.717) is 0 Å². The maximum atomic E-state index is 3.50. The summed E-state index contributed by atoms with van der Waals surface area (Å²) in [5, 5.41) is 3.50. The Morgan fingerprint density at radius 3 is 2.65 bits per heavy atom. The fourth-order valence-electron chi connectivity index (χ4n) is 4.05. The van der Waals surface area contributed by atoms with Gasteiger partial charge in [0.1, 0.15) is 0 Å². The Kier molecular flexibility index (Phi) is 4.67. The Labute approximate surface area is 131 Å². The minimum Gasteiger partial charge on any atom is -0.384 e. The molecule has 1 aromatic rings. The van der Waals surface area contributed by atoms with Gasteiger partial charge in [-0.25, -0.2) is 0 Å². The summed E-state index contributed by atoms with van der Waals surface area (Å²) < 4.78 is 1.14. The van der Waals surface area contributed by atoms with Gasteiger partial charge in [0.05, 0.1) is 0 Å². The predicted molar refractivity (Wildman–Crippen MR) is 89.1 cm³/mol. The molecule has 1 aromatic carbocycles. The Hall–Kier alpha value is -0.540. The highest BCUT2D eigenvalue weighted by atomic mass is 79.9. The predicted octanol–water partition coefficient (Wildman–Crippen LogP) is 4.23. The SMILES string of the molecule is CN(CCNc1ccc(Br)cc1)CC1CC2CCC1C2. The van der Waals surface area contributed by atoms with E-state index in [1.54, 1.807) is 0 Å². The second-order valence-corrected chi connectivity index (χ2v) is 7.55. The first-order valence-electron chi connectivity index (χ1n) is 7.88. The zero-order chi connectivity index (χ0) is 13.9. The molecule has 0 aromatic heterocycles. The van der Waals surface area contributed by atoms with Crippen molar-refractivity contribution in [3.63, 3.8) is 0 Å². The van der Waals surface area contributed by atoms with Crippen LogP contribution in [0.2, 0.25) is 0 Å². The van der Waals surface area contributed by atoms with Gasteiger partial charge in [-0.2, -0.15) is 0 Å². The number of hydrogen-bond acceptors (Lipinski definition) is 2. The van der Waals surface area contributed by atoms with Crippen LogP contribution >= 0.6 is 15.9 Å². The molecule has 0 aliphatic heterocycles. The number of fused-ring (bicyclic) bond motifs is 2. The first-order valence-corrected chi connectivity index (χ1v) is 8.68. The van der Waals surface area contributed by atoms with Gasteiger partial charge in [-0.05, 0) is 68.3 Å². The van der Waals surface area contributed by atoms with Crippen molar-refractivity contribution in [2.45, 2.75) is 25.7 Å². The molecule has 3 heteroatoms. The van der Waals surface area contributed by atoms with Crippen LogP contribution in [-0.2, 0) is 0 Å². The molecule has 3 atom stereocenters. The van der Waals surface area contributed by atoms with Crippen molar-refractivity contribution in [1.29, 1.82) is 0 Å². The third-order valence-electron chi connectivity index (χ3n) is 5.10. The van der Waals surface area contributed by atoms with Gasteiger partial charge in [0.15, 0.2) is 0 Å². The van der Waals surface area contributed by atoms with Gasteiger partial charge in [0, 0.05) is 29.8 Å². The Morgan fingerprint density at radius 1 is 1.20 bits per heavy atom. The molecule has 2 fully saturated rings. The fourth-order valence-corrected chi connectivity index (χ4v) is 4.31. The molecule has 2 aliphatic carbocycles. The van der Waals surface area contributed by atoms with Crippen LogP contribution in [0.4, 0.5) is 5.69 Å². The highest BCUT2D eigenvalue weighted by Gasteiger charge is 2.39. The lowest BCUT2D eigenvalue weighted by molar-refractivity contribution is 0.225. The van der Waals surface area contributed by atoms with Crippen LogP contribution in [0.15, 0.2) is 28.7 Å². The van der Waals surface area contributed by atoms with E-state index in [9.17, 15) is 0 Å². The first kappa shape index (κ1) is 14.4. The Balaban J connectivity index is 1.37. The second kappa shape index (κ2) is 6.48. The smallest absolute Gasteiger partial charge is 0.0341 e. The van der Waals surface area contributed by atoms with Gasteiger partial charge in [-0.3, -0.25) is 0 Å². The second-order valence-electron chi connectivity index (χ2n) is 6.63. The van der Waals surface area contributed by atoms with E-state index >= 15 is 0 Å². The van der Waals surface area contributed by atoms with Crippen LogP contribution in [0.1, 0.15) is 25.7 Å². The maximum absolute atomic E-state index is 3.50. The zero-order valence-corrected chi connectivity index (χ0v) is 13.9. The number of nitrogens with one attached hydrogen (secondary N) is 1. The van der Waals surface area contributed by atoms with Gasteiger partial charge in [-0.15, -0.1) is 0 Å². The van der Waals surface area contributed by atoms with E-state index in [1.807, 2.05) is 0 Å². The maximum Gasteiger partial charge on any atom is 0.0341 e. The van der Waals surface area contributed by atoms with Crippen molar-refractivity contribution in [2.75, 3.05) is 32.0 Å². The average Bonchev–Trinajstić information content (AvgIpc) is 3.03. The lowest BCUT2D eigenvalue weighted by atomic mass is 9.88. The highest BCUT2D eigenvalue weighted by molar-refractivity contribution is 9.10. The normalized spacial score (nSPS) is 28.2. The molecule has 3 rings (SSSR count). The van der Waals surface area contributed by atoms with Gasteiger partial charge >= 0.3 is 0 Å². The third-order valence-corrected chi connectivity index (χ3v) is 5.63. The highest BCUT2D eigenvalue weighted by Crippen LogP contribution is 2.48. The van der Waals surface area contributed by atoms with Crippen LogP contribution in [-0.4, -0.2) is 31.6 Å². The monoisotopic (exact) mass is 336 g/mol. The summed E-state index contributed by atoms with van der Waals surface area (Å²) in [5.74, 6) is 3.09. The molecule has 0 heterocycles. The minimum atomic E-state index is 0.978. The van der Waals surface area contributed by atoms with Gasteiger partial charge in [0.2, 0.25) is 0 Å². The lowest BCUT2D eigenvalue weighted by Crippen LogP contribution is -2.32. The molecular weight excluding hydrogens is 312 g/mol. The molecule has 0 amide bonds. The molecule has 1 N–H and O–H groups in total. The van der Waals surface area contributed by atoms with E-state index in [2.05, 4.69) is 57.5 Å². The summed E-state index contributed by atoms with van der Waals surface area (Å²) in [6.07, 6.45) is 6.03. The van der Waals surface area contributed by atoms with Crippen LogP contribution in [0.25, 0.3) is 0 Å². The molecule has 2 nitrogen and oxygen atoms in total. The quantitative estimate of drug-likeness (QED) is 0.836. The van der Waals surface area contributed by atoms with E-state index in [0.717, 1.165) is 35.3 Å². The molecule has 0 spiro atoms. The number of nitrogens with zero attached hydrogens (tertiary/aromatic N) is 1. The molecule has 2 saturated carbocycles.